The van der Waals surface area contributed by atoms with E-state index in [0.29, 0.717) is 25.2 Å². The summed E-state index contributed by atoms with van der Waals surface area (Å²) >= 11 is 0. The second kappa shape index (κ2) is 5.37. The summed E-state index contributed by atoms with van der Waals surface area (Å²) in [4.78, 5) is 23.5. The molecule has 1 aromatic heterocycles. The maximum Gasteiger partial charge on any atom is 0.257 e. The minimum absolute atomic E-state index is 0.0396. The van der Waals surface area contributed by atoms with Crippen LogP contribution in [0.25, 0.3) is 0 Å². The Hall–Kier alpha value is -2.00. The normalized spacial score (nSPS) is 16.5. The van der Waals surface area contributed by atoms with Crippen molar-refractivity contribution in [3.8, 4) is 6.07 Å². The zero-order valence-electron chi connectivity index (χ0n) is 9.41. The third-order valence-corrected chi connectivity index (χ3v) is 2.76. The third kappa shape index (κ3) is 2.77. The van der Waals surface area contributed by atoms with Gasteiger partial charge in [0.15, 0.2) is 0 Å². The molecule has 17 heavy (non-hydrogen) atoms. The molecule has 0 saturated carbocycles. The largest absolute Gasteiger partial charge is 0.336 e. The SMILES string of the molecule is N#CCN1CCN(C(=O)c2cncnc2)CC1. The lowest BCUT2D eigenvalue weighted by atomic mass is 10.2. The van der Waals surface area contributed by atoms with Gasteiger partial charge in [-0.25, -0.2) is 9.97 Å². The molecular weight excluding hydrogens is 218 g/mol. The van der Waals surface area contributed by atoms with Crippen LogP contribution < -0.4 is 0 Å². The van der Waals surface area contributed by atoms with Gasteiger partial charge < -0.3 is 4.90 Å². The molecule has 2 heterocycles. The van der Waals surface area contributed by atoms with Crippen molar-refractivity contribution in [2.75, 3.05) is 32.7 Å². The second-order valence-corrected chi connectivity index (χ2v) is 3.85. The van der Waals surface area contributed by atoms with E-state index in [1.807, 2.05) is 4.90 Å². The fraction of sp³-hybridized carbons (Fsp3) is 0.455. The van der Waals surface area contributed by atoms with Gasteiger partial charge in [0.2, 0.25) is 0 Å². The van der Waals surface area contributed by atoms with Crippen LogP contribution in [0, 0.1) is 11.3 Å². The Morgan fingerprint density at radius 3 is 2.53 bits per heavy atom. The van der Waals surface area contributed by atoms with Gasteiger partial charge in [0.25, 0.3) is 5.91 Å². The van der Waals surface area contributed by atoms with Crippen LogP contribution in [0.4, 0.5) is 0 Å². The van der Waals surface area contributed by atoms with Crippen LogP contribution in [-0.2, 0) is 0 Å². The van der Waals surface area contributed by atoms with Gasteiger partial charge in [-0.1, -0.05) is 0 Å². The van der Waals surface area contributed by atoms with Gasteiger partial charge in [0, 0.05) is 38.6 Å². The average Bonchev–Trinajstić information content (AvgIpc) is 2.40. The smallest absolute Gasteiger partial charge is 0.257 e. The molecule has 1 fully saturated rings. The van der Waals surface area contributed by atoms with Gasteiger partial charge in [0.1, 0.15) is 6.33 Å². The predicted molar refractivity (Wildman–Crippen MR) is 60.0 cm³/mol. The second-order valence-electron chi connectivity index (χ2n) is 3.85. The highest BCUT2D eigenvalue weighted by Gasteiger charge is 2.21. The molecule has 6 heteroatoms. The first-order valence-corrected chi connectivity index (χ1v) is 5.45. The monoisotopic (exact) mass is 231 g/mol. The van der Waals surface area contributed by atoms with E-state index in [1.165, 1.54) is 18.7 Å². The maximum absolute atomic E-state index is 12.0. The summed E-state index contributed by atoms with van der Waals surface area (Å²) < 4.78 is 0. The number of amides is 1. The quantitative estimate of drug-likeness (QED) is 0.657. The summed E-state index contributed by atoms with van der Waals surface area (Å²) in [5, 5.41) is 8.58. The van der Waals surface area contributed by atoms with E-state index in [2.05, 4.69) is 16.0 Å². The number of nitrogens with zero attached hydrogens (tertiary/aromatic N) is 5. The van der Waals surface area contributed by atoms with Crippen molar-refractivity contribution in [3.05, 3.63) is 24.3 Å². The lowest BCUT2D eigenvalue weighted by molar-refractivity contribution is 0.0651. The summed E-state index contributed by atoms with van der Waals surface area (Å²) in [6.07, 6.45) is 4.45. The van der Waals surface area contributed by atoms with Gasteiger partial charge in [-0.15, -0.1) is 0 Å². The summed E-state index contributed by atoms with van der Waals surface area (Å²) in [5.41, 5.74) is 0.515. The first-order chi connectivity index (χ1) is 8.31. The Labute approximate surface area is 99.5 Å². The molecule has 6 nitrogen and oxygen atoms in total. The fourth-order valence-corrected chi connectivity index (χ4v) is 1.80. The van der Waals surface area contributed by atoms with E-state index >= 15 is 0 Å². The molecule has 0 unspecified atom stereocenters. The molecule has 0 bridgehead atoms. The highest BCUT2D eigenvalue weighted by Crippen LogP contribution is 2.06. The zero-order valence-corrected chi connectivity index (χ0v) is 9.41. The van der Waals surface area contributed by atoms with Gasteiger partial charge in [-0.2, -0.15) is 5.26 Å². The van der Waals surface area contributed by atoms with Crippen molar-refractivity contribution in [1.82, 2.24) is 19.8 Å². The summed E-state index contributed by atoms with van der Waals surface area (Å²) in [5.74, 6) is -0.0396. The minimum atomic E-state index is -0.0396. The Balaban J connectivity index is 1.93. The Morgan fingerprint density at radius 2 is 1.94 bits per heavy atom. The predicted octanol–water partition coefficient (Wildman–Crippen LogP) is -0.242. The van der Waals surface area contributed by atoms with Crippen molar-refractivity contribution >= 4 is 5.91 Å². The molecule has 2 rings (SSSR count). The number of hydrogen-bond acceptors (Lipinski definition) is 5. The lowest BCUT2D eigenvalue weighted by Crippen LogP contribution is -2.48. The summed E-state index contributed by atoms with van der Waals surface area (Å²) in [6.45, 7) is 3.21. The van der Waals surface area contributed by atoms with Crippen molar-refractivity contribution < 1.29 is 4.79 Å². The van der Waals surface area contributed by atoms with Crippen molar-refractivity contribution in [2.24, 2.45) is 0 Å². The van der Waals surface area contributed by atoms with Crippen molar-refractivity contribution in [3.63, 3.8) is 0 Å². The zero-order chi connectivity index (χ0) is 12.1. The summed E-state index contributed by atoms with van der Waals surface area (Å²) in [6, 6.07) is 2.12. The molecule has 1 saturated heterocycles. The van der Waals surface area contributed by atoms with Crippen LogP contribution in [0.1, 0.15) is 10.4 Å². The van der Waals surface area contributed by atoms with Crippen LogP contribution >= 0.6 is 0 Å². The number of carbonyl (C=O) groups is 1. The van der Waals surface area contributed by atoms with Gasteiger partial charge in [-0.3, -0.25) is 9.69 Å². The van der Waals surface area contributed by atoms with Crippen LogP contribution in [0.5, 0.6) is 0 Å². The highest BCUT2D eigenvalue weighted by atomic mass is 16.2. The maximum atomic E-state index is 12.0. The van der Waals surface area contributed by atoms with E-state index in [0.717, 1.165) is 13.1 Å². The number of carbonyl (C=O) groups excluding carboxylic acids is 1. The topological polar surface area (TPSA) is 73.1 Å². The molecule has 1 aliphatic heterocycles. The highest BCUT2D eigenvalue weighted by molar-refractivity contribution is 5.93. The molecule has 88 valence electrons. The van der Waals surface area contributed by atoms with Crippen LogP contribution in [0.2, 0.25) is 0 Å². The number of piperazine rings is 1. The van der Waals surface area contributed by atoms with Crippen LogP contribution in [-0.4, -0.2) is 58.4 Å². The standard InChI is InChI=1S/C11H13N5O/c12-1-2-15-3-5-16(6-4-15)11(17)10-7-13-9-14-8-10/h7-9H,2-6H2. The van der Waals surface area contributed by atoms with E-state index in [1.54, 1.807) is 4.90 Å². The Morgan fingerprint density at radius 1 is 1.29 bits per heavy atom. The number of aromatic nitrogens is 2. The van der Waals surface area contributed by atoms with E-state index < -0.39 is 0 Å². The third-order valence-electron chi connectivity index (χ3n) is 2.76. The molecule has 0 aromatic carbocycles. The molecule has 0 N–H and O–H groups in total. The molecule has 1 amide bonds. The first-order valence-electron chi connectivity index (χ1n) is 5.45. The molecular formula is C11H13N5O. The molecule has 1 aliphatic rings. The average molecular weight is 231 g/mol. The molecule has 0 aliphatic carbocycles. The van der Waals surface area contributed by atoms with Crippen LogP contribution in [0.15, 0.2) is 18.7 Å². The van der Waals surface area contributed by atoms with Gasteiger partial charge in [-0.05, 0) is 0 Å². The van der Waals surface area contributed by atoms with Crippen molar-refractivity contribution in [2.45, 2.75) is 0 Å². The van der Waals surface area contributed by atoms with Crippen LogP contribution in [0.3, 0.4) is 0 Å². The van der Waals surface area contributed by atoms with E-state index in [-0.39, 0.29) is 5.91 Å². The first kappa shape index (κ1) is 11.5. The summed E-state index contributed by atoms with van der Waals surface area (Å²) in [7, 11) is 0. The van der Waals surface area contributed by atoms with E-state index in [9.17, 15) is 4.79 Å². The number of nitriles is 1. The lowest BCUT2D eigenvalue weighted by Gasteiger charge is -2.33. The molecule has 1 aromatic rings. The molecule has 0 spiro atoms. The molecule has 0 radical (unpaired) electrons. The Kier molecular flexibility index (Phi) is 3.62. The number of hydrogen-bond donors (Lipinski definition) is 0. The molecule has 0 atom stereocenters. The van der Waals surface area contributed by atoms with Gasteiger partial charge >= 0.3 is 0 Å². The number of rotatable bonds is 2. The van der Waals surface area contributed by atoms with E-state index in [4.69, 9.17) is 5.26 Å². The fourth-order valence-electron chi connectivity index (χ4n) is 1.80. The van der Waals surface area contributed by atoms with Crippen molar-refractivity contribution in [1.29, 1.82) is 5.26 Å². The Bertz CT molecular complexity index is 419. The minimum Gasteiger partial charge on any atom is -0.336 e. The van der Waals surface area contributed by atoms with Gasteiger partial charge in [0.05, 0.1) is 18.2 Å².